The fourth-order valence-corrected chi connectivity index (χ4v) is 10.0. The summed E-state index contributed by atoms with van der Waals surface area (Å²) in [6.07, 6.45) is 0.0529. The number of carbonyl (C=O) groups is 1. The van der Waals surface area contributed by atoms with Crippen LogP contribution in [0.3, 0.4) is 0 Å². The largest absolute Gasteiger partial charge is 0.493 e. The number of benzene rings is 1. The molecule has 0 unspecified atom stereocenters. The van der Waals surface area contributed by atoms with E-state index >= 15 is 0 Å². The molecule has 1 fully saturated rings. The third-order valence-corrected chi connectivity index (χ3v) is 12.0. The minimum absolute atomic E-state index is 0.0849. The Morgan fingerprint density at radius 3 is 2.27 bits per heavy atom. The van der Waals surface area contributed by atoms with Gasteiger partial charge in [-0.05, 0) is 25.1 Å². The molecule has 11 heteroatoms. The van der Waals surface area contributed by atoms with Gasteiger partial charge >= 0.3 is 24.8 Å². The van der Waals surface area contributed by atoms with Crippen molar-refractivity contribution in [1.29, 1.82) is 0 Å². The van der Waals surface area contributed by atoms with E-state index in [-0.39, 0.29) is 15.0 Å². The standard InChI is InChI=1S/C22H33NO8SSi/c1-15-8-10-16(11-9-15)32(25,26)31-23-20(24)29-17-12-13-27-18-14-28-33(21(2,3)4,22(5,6)7)30-19(17)18/h8-13,17-19H,14H2,1-7H3,(H,23,24)/t17-,18-,19+/m1/s1. The van der Waals surface area contributed by atoms with Crippen LogP contribution < -0.4 is 5.48 Å². The summed E-state index contributed by atoms with van der Waals surface area (Å²) < 4.78 is 53.4. The van der Waals surface area contributed by atoms with E-state index < -0.39 is 43.1 Å². The predicted molar refractivity (Wildman–Crippen MR) is 123 cm³/mol. The Bertz CT molecular complexity index is 981. The quantitative estimate of drug-likeness (QED) is 0.488. The van der Waals surface area contributed by atoms with Crippen molar-refractivity contribution in [3.05, 3.63) is 42.2 Å². The van der Waals surface area contributed by atoms with E-state index in [1.165, 1.54) is 18.4 Å². The lowest BCUT2D eigenvalue weighted by molar-refractivity contribution is -0.125. The van der Waals surface area contributed by atoms with Gasteiger partial charge in [-0.1, -0.05) is 59.2 Å². The molecule has 33 heavy (non-hydrogen) atoms. The van der Waals surface area contributed by atoms with Gasteiger partial charge in [-0.3, -0.25) is 0 Å². The molecule has 2 aliphatic heterocycles. The second kappa shape index (κ2) is 9.03. The molecule has 1 aromatic carbocycles. The summed E-state index contributed by atoms with van der Waals surface area (Å²) in [5.74, 6) is 0. The first kappa shape index (κ1) is 25.7. The third kappa shape index (κ3) is 5.27. The van der Waals surface area contributed by atoms with Crippen molar-refractivity contribution in [3.63, 3.8) is 0 Å². The van der Waals surface area contributed by atoms with Crippen LogP contribution in [0.5, 0.6) is 0 Å². The van der Waals surface area contributed by atoms with E-state index in [4.69, 9.17) is 18.3 Å². The van der Waals surface area contributed by atoms with Gasteiger partial charge in [-0.2, -0.15) is 13.9 Å². The van der Waals surface area contributed by atoms with Crippen LogP contribution in [0, 0.1) is 6.92 Å². The molecular formula is C22H33NO8SSi. The van der Waals surface area contributed by atoms with Crippen molar-refractivity contribution in [3.8, 4) is 0 Å². The molecule has 3 atom stereocenters. The van der Waals surface area contributed by atoms with E-state index in [0.717, 1.165) is 5.56 Å². The molecule has 184 valence electrons. The summed E-state index contributed by atoms with van der Waals surface area (Å²) in [7, 11) is -7.03. The van der Waals surface area contributed by atoms with Crippen LogP contribution in [0.25, 0.3) is 0 Å². The molecule has 0 saturated carbocycles. The first-order chi connectivity index (χ1) is 15.2. The Kier molecular flexibility index (Phi) is 7.03. The maximum Gasteiger partial charge on any atom is 0.433 e. The van der Waals surface area contributed by atoms with Crippen molar-refractivity contribution in [2.24, 2.45) is 0 Å². The smallest absolute Gasteiger partial charge is 0.433 e. The van der Waals surface area contributed by atoms with Crippen LogP contribution in [0.15, 0.2) is 41.5 Å². The summed E-state index contributed by atoms with van der Waals surface area (Å²) in [5, 5.41) is -0.537. The molecular weight excluding hydrogens is 466 g/mol. The number of carbonyl (C=O) groups excluding carboxylic acids is 1. The lowest BCUT2D eigenvalue weighted by atomic mass is 10.1. The molecule has 0 aromatic heterocycles. The topological polar surface area (TPSA) is 109 Å². The Morgan fingerprint density at radius 1 is 1.09 bits per heavy atom. The summed E-state index contributed by atoms with van der Waals surface area (Å²) in [6, 6.07) is 6.04. The highest BCUT2D eigenvalue weighted by molar-refractivity contribution is 7.86. The zero-order chi connectivity index (χ0) is 24.7. The predicted octanol–water partition coefficient (Wildman–Crippen LogP) is 4.08. The number of fused-ring (bicyclic) bond motifs is 1. The van der Waals surface area contributed by atoms with Crippen molar-refractivity contribution in [1.82, 2.24) is 5.48 Å². The summed E-state index contributed by atoms with van der Waals surface area (Å²) >= 11 is 0. The number of ether oxygens (including phenoxy) is 2. The zero-order valence-corrected chi connectivity index (χ0v) is 21.9. The molecule has 1 amide bonds. The highest BCUT2D eigenvalue weighted by atomic mass is 32.2. The van der Waals surface area contributed by atoms with Crippen LogP contribution in [0.4, 0.5) is 4.79 Å². The van der Waals surface area contributed by atoms with Gasteiger partial charge in [0.1, 0.15) is 12.2 Å². The van der Waals surface area contributed by atoms with Crippen LogP contribution in [0.2, 0.25) is 10.1 Å². The second-order valence-electron chi connectivity index (χ2n) is 10.3. The Morgan fingerprint density at radius 2 is 1.70 bits per heavy atom. The van der Waals surface area contributed by atoms with Crippen molar-refractivity contribution in [2.75, 3.05) is 6.61 Å². The molecule has 2 aliphatic rings. The van der Waals surface area contributed by atoms with Crippen LogP contribution >= 0.6 is 0 Å². The monoisotopic (exact) mass is 499 g/mol. The number of hydroxylamine groups is 1. The SMILES string of the molecule is Cc1ccc(S(=O)(=O)ONC(=O)O[C@@H]2C=CO[C@@H]3CO[Si](C(C)(C)C)(C(C)(C)C)O[C@@H]23)cc1. The lowest BCUT2D eigenvalue weighted by Gasteiger charge is -2.55. The fourth-order valence-electron chi connectivity index (χ4n) is 4.33. The molecule has 1 aromatic rings. The van der Waals surface area contributed by atoms with Gasteiger partial charge < -0.3 is 18.3 Å². The van der Waals surface area contributed by atoms with Gasteiger partial charge in [-0.25, -0.2) is 4.79 Å². The Labute approximate surface area is 196 Å². The summed E-state index contributed by atoms with van der Waals surface area (Å²) in [4.78, 5) is 12.3. The average Bonchev–Trinajstić information content (AvgIpc) is 2.71. The average molecular weight is 500 g/mol. The highest BCUT2D eigenvalue weighted by Crippen LogP contribution is 2.54. The Balaban J connectivity index is 1.71. The number of nitrogens with one attached hydrogen (secondary N) is 1. The molecule has 1 N–H and O–H groups in total. The molecule has 0 spiro atoms. The second-order valence-corrected chi connectivity index (χ2v) is 16.6. The van der Waals surface area contributed by atoms with Gasteiger partial charge in [0, 0.05) is 10.1 Å². The van der Waals surface area contributed by atoms with Crippen LogP contribution in [-0.2, 0) is 32.7 Å². The molecule has 0 bridgehead atoms. The number of amides is 1. The molecule has 3 rings (SSSR count). The first-order valence-electron chi connectivity index (χ1n) is 10.8. The Hall–Kier alpha value is -1.92. The highest BCUT2D eigenvalue weighted by Gasteiger charge is 2.63. The number of hydrogen-bond acceptors (Lipinski definition) is 8. The van der Waals surface area contributed by atoms with Gasteiger partial charge in [0.05, 0.1) is 17.8 Å². The first-order valence-corrected chi connectivity index (χ1v) is 14.0. The van der Waals surface area contributed by atoms with Gasteiger partial charge in [0.25, 0.3) is 0 Å². The van der Waals surface area contributed by atoms with Gasteiger partial charge in [0.2, 0.25) is 0 Å². The third-order valence-electron chi connectivity index (χ3n) is 5.73. The van der Waals surface area contributed by atoms with Crippen molar-refractivity contribution < 1.29 is 35.8 Å². The normalized spacial score (nSPS) is 25.0. The molecule has 0 radical (unpaired) electrons. The van der Waals surface area contributed by atoms with E-state index in [9.17, 15) is 13.2 Å². The minimum Gasteiger partial charge on any atom is -0.493 e. The van der Waals surface area contributed by atoms with Gasteiger partial charge in [-0.15, -0.1) is 4.28 Å². The summed E-state index contributed by atoms with van der Waals surface area (Å²) in [6.45, 7) is 14.6. The van der Waals surface area contributed by atoms with Crippen molar-refractivity contribution in [2.45, 2.75) is 81.8 Å². The summed E-state index contributed by atoms with van der Waals surface area (Å²) in [5.41, 5.74) is 2.75. The maximum absolute atomic E-state index is 12.4. The maximum atomic E-state index is 12.4. The molecule has 0 aliphatic carbocycles. The minimum atomic E-state index is -4.19. The zero-order valence-electron chi connectivity index (χ0n) is 20.1. The van der Waals surface area contributed by atoms with Crippen LogP contribution in [-0.4, -0.2) is 48.0 Å². The van der Waals surface area contributed by atoms with E-state index in [0.29, 0.717) is 6.61 Å². The van der Waals surface area contributed by atoms with Crippen LogP contribution in [0.1, 0.15) is 47.1 Å². The van der Waals surface area contributed by atoms with Crippen molar-refractivity contribution >= 4 is 24.8 Å². The van der Waals surface area contributed by atoms with E-state index in [1.54, 1.807) is 18.2 Å². The molecule has 1 saturated heterocycles. The molecule has 2 heterocycles. The molecule has 9 nitrogen and oxygen atoms in total. The number of hydrogen-bond donors (Lipinski definition) is 1. The number of rotatable bonds is 4. The van der Waals surface area contributed by atoms with E-state index in [2.05, 4.69) is 45.8 Å². The lowest BCUT2D eigenvalue weighted by Crippen LogP contribution is -2.67. The fraction of sp³-hybridized carbons (Fsp3) is 0.591. The van der Waals surface area contributed by atoms with Gasteiger partial charge in [0.15, 0.2) is 6.10 Å². The van der Waals surface area contributed by atoms with E-state index in [1.807, 2.05) is 12.4 Å². The number of aryl methyl sites for hydroxylation is 1.